The number of nitrogens with one attached hydrogen (secondary N) is 1. The Morgan fingerprint density at radius 3 is 2.70 bits per heavy atom. The Morgan fingerprint density at radius 1 is 1.27 bits per heavy atom. The number of benzene rings is 1. The topological polar surface area (TPSA) is 97.1 Å². The van der Waals surface area contributed by atoms with Crippen LogP contribution in [0.1, 0.15) is 56.9 Å². The minimum atomic E-state index is -0.180. The second kappa shape index (κ2) is 10.9. The number of aromatic hydroxyl groups is 1. The Kier molecular flexibility index (Phi) is 8.04. The molecule has 1 heterocycles. The number of hydrogen-bond acceptors (Lipinski definition) is 6. The number of carbonyl (C=O) groups excluding carboxylic acids is 1. The maximum absolute atomic E-state index is 12.3. The summed E-state index contributed by atoms with van der Waals surface area (Å²) in [5, 5.41) is 21.7. The first-order chi connectivity index (χ1) is 14.5. The van der Waals surface area contributed by atoms with Gasteiger partial charge in [0.1, 0.15) is 6.10 Å². The van der Waals surface area contributed by atoms with Gasteiger partial charge in [0, 0.05) is 19.5 Å². The van der Waals surface area contributed by atoms with Crippen molar-refractivity contribution in [2.45, 2.75) is 64.0 Å². The Labute approximate surface area is 178 Å². The minimum absolute atomic E-state index is 0.0701. The van der Waals surface area contributed by atoms with E-state index in [0.29, 0.717) is 37.7 Å². The van der Waals surface area contributed by atoms with Crippen LogP contribution in [0.2, 0.25) is 0 Å². The van der Waals surface area contributed by atoms with Crippen molar-refractivity contribution in [2.24, 2.45) is 5.92 Å². The molecule has 1 saturated carbocycles. The molecule has 0 radical (unpaired) electrons. The lowest BCUT2D eigenvalue weighted by molar-refractivity contribution is -0.522. The molecule has 1 aliphatic heterocycles. The number of hydrazone groups is 1. The van der Waals surface area contributed by atoms with Gasteiger partial charge in [-0.3, -0.25) is 0 Å². The number of likely N-dealkylation sites (tertiary alicyclic amines) is 1. The molecule has 8 heteroatoms. The molecule has 1 saturated heterocycles. The highest BCUT2D eigenvalue weighted by molar-refractivity contribution is 5.68. The Hall–Kier alpha value is -2.64. The molecule has 0 spiro atoms. The number of hydrazine groups is 1. The van der Waals surface area contributed by atoms with E-state index in [1.807, 2.05) is 0 Å². The molecule has 2 aliphatic rings. The molecule has 8 nitrogen and oxygen atoms in total. The molecule has 1 amide bonds. The number of methoxy groups -OCH3 is 1. The third-order valence-electron chi connectivity index (χ3n) is 5.98. The van der Waals surface area contributed by atoms with Crippen molar-refractivity contribution in [3.8, 4) is 11.5 Å². The van der Waals surface area contributed by atoms with E-state index in [2.05, 4.69) is 5.43 Å². The molecule has 2 fully saturated rings. The van der Waals surface area contributed by atoms with Gasteiger partial charge in [-0.15, -0.1) is 0 Å². The molecule has 30 heavy (non-hydrogen) atoms. The quantitative estimate of drug-likeness (QED) is 0.304. The SMILES string of the molecule is COc1cc(CN/[N+]([O-])=C/CC2CCN(C(=O)OC3CCCCC3)CC2)ccc1O. The smallest absolute Gasteiger partial charge is 0.410 e. The van der Waals surface area contributed by atoms with Gasteiger partial charge in [-0.05, 0) is 62.1 Å². The predicted molar refractivity (Wildman–Crippen MR) is 113 cm³/mol. The van der Waals surface area contributed by atoms with Crippen LogP contribution in [0.4, 0.5) is 4.79 Å². The summed E-state index contributed by atoms with van der Waals surface area (Å²) >= 11 is 0. The fourth-order valence-corrected chi connectivity index (χ4v) is 4.06. The zero-order valence-electron chi connectivity index (χ0n) is 17.7. The molecular formula is C22H33N3O5. The van der Waals surface area contributed by atoms with Crippen molar-refractivity contribution in [3.05, 3.63) is 29.0 Å². The van der Waals surface area contributed by atoms with E-state index < -0.39 is 0 Å². The van der Waals surface area contributed by atoms with E-state index in [0.717, 1.165) is 48.9 Å². The zero-order valence-corrected chi connectivity index (χ0v) is 17.7. The molecule has 3 rings (SSSR count). The van der Waals surface area contributed by atoms with Gasteiger partial charge in [-0.1, -0.05) is 17.3 Å². The van der Waals surface area contributed by atoms with Gasteiger partial charge < -0.3 is 24.7 Å². The van der Waals surface area contributed by atoms with Gasteiger partial charge >= 0.3 is 6.09 Å². The highest BCUT2D eigenvalue weighted by Crippen LogP contribution is 2.26. The average Bonchev–Trinajstić information content (AvgIpc) is 2.78. The molecule has 1 aromatic carbocycles. The van der Waals surface area contributed by atoms with Crippen molar-refractivity contribution in [1.82, 2.24) is 10.3 Å². The molecule has 0 unspecified atom stereocenters. The summed E-state index contributed by atoms with van der Waals surface area (Å²) in [5.41, 5.74) is 3.62. The van der Waals surface area contributed by atoms with Crippen LogP contribution in [0.25, 0.3) is 0 Å². The average molecular weight is 420 g/mol. The molecule has 0 bridgehead atoms. The fraction of sp³-hybridized carbons (Fsp3) is 0.636. The van der Waals surface area contributed by atoms with Crippen molar-refractivity contribution in [1.29, 1.82) is 0 Å². The minimum Gasteiger partial charge on any atom is -0.597 e. The van der Waals surface area contributed by atoms with Crippen LogP contribution in [0.15, 0.2) is 18.2 Å². The highest BCUT2D eigenvalue weighted by Gasteiger charge is 2.26. The van der Waals surface area contributed by atoms with Gasteiger partial charge in [0.2, 0.25) is 0 Å². The van der Waals surface area contributed by atoms with Gasteiger partial charge in [0.25, 0.3) is 0 Å². The Morgan fingerprint density at radius 2 is 2.00 bits per heavy atom. The second-order valence-corrected chi connectivity index (χ2v) is 8.16. The summed E-state index contributed by atoms with van der Waals surface area (Å²) in [4.78, 5) is 14.9. The van der Waals surface area contributed by atoms with E-state index in [9.17, 15) is 15.1 Å². The van der Waals surface area contributed by atoms with Gasteiger partial charge in [0.05, 0.1) is 13.7 Å². The Balaban J connectivity index is 1.37. The number of phenols is 1. The molecule has 166 valence electrons. The van der Waals surface area contributed by atoms with Crippen molar-refractivity contribution >= 4 is 12.3 Å². The normalized spacial score (nSPS) is 18.8. The summed E-state index contributed by atoms with van der Waals surface area (Å²) in [6, 6.07) is 4.97. The molecule has 2 N–H and O–H groups in total. The lowest BCUT2D eigenvalue weighted by Gasteiger charge is -2.32. The Bertz CT molecular complexity index is 725. The van der Waals surface area contributed by atoms with Crippen LogP contribution in [0.5, 0.6) is 11.5 Å². The standard InChI is InChI=1S/C22H33N3O5/c1-29-21-15-18(7-8-20(21)26)16-23-25(28)14-11-17-9-12-24(13-10-17)22(27)30-19-5-3-2-4-6-19/h7-8,14-15,17,19,23,26H,2-6,9-13,16H2,1H3/b25-14-. The number of phenolic OH excluding ortho intramolecular Hbond substituents is 1. The summed E-state index contributed by atoms with van der Waals surface area (Å²) in [6.07, 6.45) is 9.45. The van der Waals surface area contributed by atoms with Crippen LogP contribution in [-0.2, 0) is 11.3 Å². The number of carbonyl (C=O) groups is 1. The van der Waals surface area contributed by atoms with Gasteiger partial charge in [0.15, 0.2) is 17.7 Å². The number of nitrogens with zero attached hydrogens (tertiary/aromatic N) is 2. The predicted octanol–water partition coefficient (Wildman–Crippen LogP) is 3.56. The van der Waals surface area contributed by atoms with Crippen LogP contribution in [0.3, 0.4) is 0 Å². The van der Waals surface area contributed by atoms with Crippen molar-refractivity contribution in [3.63, 3.8) is 0 Å². The van der Waals surface area contributed by atoms with Gasteiger partial charge in [-0.2, -0.15) is 5.43 Å². The molecule has 1 aromatic rings. The molecular weight excluding hydrogens is 386 g/mol. The summed E-state index contributed by atoms with van der Waals surface area (Å²) in [5.74, 6) is 0.834. The second-order valence-electron chi connectivity index (χ2n) is 8.16. The maximum atomic E-state index is 12.3. The lowest BCUT2D eigenvalue weighted by Crippen LogP contribution is -2.40. The summed E-state index contributed by atoms with van der Waals surface area (Å²) in [6.45, 7) is 1.70. The third-order valence-corrected chi connectivity index (χ3v) is 5.98. The number of amides is 1. The van der Waals surface area contributed by atoms with E-state index in [1.54, 1.807) is 29.3 Å². The monoisotopic (exact) mass is 419 g/mol. The number of rotatable bonds is 7. The van der Waals surface area contributed by atoms with E-state index in [4.69, 9.17) is 9.47 Å². The largest absolute Gasteiger partial charge is 0.597 e. The molecule has 0 atom stereocenters. The van der Waals surface area contributed by atoms with E-state index >= 15 is 0 Å². The lowest BCUT2D eigenvalue weighted by atomic mass is 9.94. The third kappa shape index (κ3) is 6.43. The van der Waals surface area contributed by atoms with Gasteiger partial charge in [-0.25, -0.2) is 4.79 Å². The zero-order chi connectivity index (χ0) is 21.3. The van der Waals surface area contributed by atoms with Crippen LogP contribution in [0, 0.1) is 11.1 Å². The molecule has 1 aliphatic carbocycles. The number of piperidine rings is 1. The summed E-state index contributed by atoms with van der Waals surface area (Å²) in [7, 11) is 1.49. The number of hydrogen-bond donors (Lipinski definition) is 2. The van der Waals surface area contributed by atoms with Crippen molar-refractivity contribution in [2.75, 3.05) is 20.2 Å². The summed E-state index contributed by atoms with van der Waals surface area (Å²) < 4.78 is 10.7. The van der Waals surface area contributed by atoms with Crippen LogP contribution >= 0.6 is 0 Å². The highest BCUT2D eigenvalue weighted by atomic mass is 16.6. The number of ether oxygens (including phenoxy) is 2. The van der Waals surface area contributed by atoms with Crippen LogP contribution in [-0.4, -0.2) is 53.5 Å². The first kappa shape index (κ1) is 22.1. The first-order valence-electron chi connectivity index (χ1n) is 10.9. The van der Waals surface area contributed by atoms with E-state index in [1.165, 1.54) is 13.5 Å². The maximum Gasteiger partial charge on any atom is 0.410 e. The van der Waals surface area contributed by atoms with Crippen molar-refractivity contribution < 1.29 is 24.2 Å². The van der Waals surface area contributed by atoms with E-state index in [-0.39, 0.29) is 17.9 Å². The molecule has 0 aromatic heterocycles. The first-order valence-corrected chi connectivity index (χ1v) is 10.9. The van der Waals surface area contributed by atoms with Crippen LogP contribution < -0.4 is 10.2 Å². The fourth-order valence-electron chi connectivity index (χ4n) is 4.06.